The van der Waals surface area contributed by atoms with Gasteiger partial charge in [0.25, 0.3) is 0 Å². The lowest BCUT2D eigenvalue weighted by Gasteiger charge is -2.35. The normalized spacial score (nSPS) is 15.8. The van der Waals surface area contributed by atoms with E-state index in [1.54, 1.807) is 14.2 Å². The van der Waals surface area contributed by atoms with Crippen LogP contribution in [0.25, 0.3) is 10.9 Å². The Hall–Kier alpha value is -2.52. The largest absolute Gasteiger partial charge is 0.493 e. The van der Waals surface area contributed by atoms with E-state index in [0.717, 1.165) is 42.5 Å². The van der Waals surface area contributed by atoms with Crippen LogP contribution in [0.1, 0.15) is 32.4 Å². The van der Waals surface area contributed by atoms with E-state index in [1.165, 1.54) is 0 Å². The molecule has 26 heavy (non-hydrogen) atoms. The van der Waals surface area contributed by atoms with Crippen molar-refractivity contribution >= 4 is 16.6 Å². The summed E-state index contributed by atoms with van der Waals surface area (Å²) in [7, 11) is 3.22. The lowest BCUT2D eigenvalue weighted by atomic mass is 10.0. The Morgan fingerprint density at radius 1 is 1.15 bits per heavy atom. The standard InChI is InChI=1S/C20H26N4O2/c1-13(2)24-7-5-14(6-8-24)22-17-9-15(12-21)23-18-11-20(26-4)19(25-3)10-16(17)18/h9-11,13-14H,5-8H2,1-4H3,(H,22,23). The Morgan fingerprint density at radius 3 is 2.38 bits per heavy atom. The van der Waals surface area contributed by atoms with Crippen molar-refractivity contribution in [1.82, 2.24) is 9.88 Å². The van der Waals surface area contributed by atoms with Gasteiger partial charge in [0.15, 0.2) is 11.5 Å². The van der Waals surface area contributed by atoms with Crippen molar-refractivity contribution in [2.75, 3.05) is 32.6 Å². The monoisotopic (exact) mass is 354 g/mol. The highest BCUT2D eigenvalue weighted by Crippen LogP contribution is 2.35. The number of rotatable bonds is 5. The fourth-order valence-corrected chi connectivity index (χ4v) is 3.51. The van der Waals surface area contributed by atoms with Crippen molar-refractivity contribution < 1.29 is 9.47 Å². The molecule has 0 saturated carbocycles. The topological polar surface area (TPSA) is 70.4 Å². The molecule has 0 bridgehead atoms. The third-order valence-electron chi connectivity index (χ3n) is 5.05. The van der Waals surface area contributed by atoms with Crippen molar-refractivity contribution in [1.29, 1.82) is 5.26 Å². The third kappa shape index (κ3) is 3.68. The predicted octanol–water partition coefficient (Wildman–Crippen LogP) is 3.41. The summed E-state index contributed by atoms with van der Waals surface area (Å²) in [5, 5.41) is 13.9. The summed E-state index contributed by atoms with van der Waals surface area (Å²) in [6.45, 7) is 6.65. The van der Waals surface area contributed by atoms with Crippen molar-refractivity contribution in [3.05, 3.63) is 23.9 Å². The van der Waals surface area contributed by atoms with Gasteiger partial charge in [0, 0.05) is 42.3 Å². The number of likely N-dealkylation sites (tertiary alicyclic amines) is 1. The van der Waals surface area contributed by atoms with Crippen LogP contribution < -0.4 is 14.8 Å². The average Bonchev–Trinajstić information content (AvgIpc) is 2.67. The summed E-state index contributed by atoms with van der Waals surface area (Å²) in [5.41, 5.74) is 2.05. The highest BCUT2D eigenvalue weighted by molar-refractivity contribution is 5.94. The van der Waals surface area contributed by atoms with Crippen LogP contribution in [-0.4, -0.2) is 49.3 Å². The molecule has 1 N–H and O–H groups in total. The Labute approximate surface area is 154 Å². The molecule has 3 rings (SSSR count). The summed E-state index contributed by atoms with van der Waals surface area (Å²) < 4.78 is 10.8. The molecule has 0 unspecified atom stereocenters. The van der Waals surface area contributed by atoms with Crippen molar-refractivity contribution in [2.24, 2.45) is 0 Å². The minimum absolute atomic E-state index is 0.384. The minimum atomic E-state index is 0.384. The van der Waals surface area contributed by atoms with Gasteiger partial charge in [0.2, 0.25) is 0 Å². The number of ether oxygens (including phenoxy) is 2. The first-order valence-corrected chi connectivity index (χ1v) is 9.03. The second-order valence-electron chi connectivity index (χ2n) is 6.94. The smallest absolute Gasteiger partial charge is 0.162 e. The van der Waals surface area contributed by atoms with Gasteiger partial charge in [-0.15, -0.1) is 0 Å². The number of hydrogen-bond donors (Lipinski definition) is 1. The molecule has 0 aliphatic carbocycles. The van der Waals surface area contributed by atoms with E-state index >= 15 is 0 Å². The molecule has 6 heteroatoms. The van der Waals surface area contributed by atoms with Crippen molar-refractivity contribution in [3.63, 3.8) is 0 Å². The SMILES string of the molecule is COc1cc2nc(C#N)cc(NC3CCN(C(C)C)CC3)c2cc1OC. The number of methoxy groups -OCH3 is 2. The number of hydrogen-bond acceptors (Lipinski definition) is 6. The summed E-state index contributed by atoms with van der Waals surface area (Å²) in [6, 6.07) is 8.69. The zero-order chi connectivity index (χ0) is 18.7. The van der Waals surface area contributed by atoms with Gasteiger partial charge in [-0.25, -0.2) is 4.98 Å². The number of nitrogens with zero attached hydrogens (tertiary/aromatic N) is 3. The van der Waals surface area contributed by atoms with Gasteiger partial charge in [-0.2, -0.15) is 5.26 Å². The molecule has 1 saturated heterocycles. The summed E-state index contributed by atoms with van der Waals surface area (Å²) in [5.74, 6) is 1.27. The first kappa shape index (κ1) is 18.3. The van der Waals surface area contributed by atoms with E-state index in [1.807, 2.05) is 18.2 Å². The second-order valence-corrected chi connectivity index (χ2v) is 6.94. The molecular formula is C20H26N4O2. The van der Waals surface area contributed by atoms with E-state index < -0.39 is 0 Å². The Morgan fingerprint density at radius 2 is 1.81 bits per heavy atom. The number of nitriles is 1. The first-order valence-electron chi connectivity index (χ1n) is 9.03. The minimum Gasteiger partial charge on any atom is -0.493 e. The van der Waals surface area contributed by atoms with Crippen LogP contribution in [0.3, 0.4) is 0 Å². The van der Waals surface area contributed by atoms with Crippen LogP contribution >= 0.6 is 0 Å². The molecule has 2 aromatic rings. The number of anilines is 1. The molecule has 1 aliphatic rings. The number of piperidine rings is 1. The molecular weight excluding hydrogens is 328 g/mol. The van der Waals surface area contributed by atoms with E-state index in [9.17, 15) is 5.26 Å². The zero-order valence-electron chi connectivity index (χ0n) is 15.9. The molecule has 0 radical (unpaired) electrons. The molecule has 0 spiro atoms. The number of pyridine rings is 1. The maximum absolute atomic E-state index is 9.35. The maximum atomic E-state index is 9.35. The predicted molar refractivity (Wildman–Crippen MR) is 103 cm³/mol. The highest BCUT2D eigenvalue weighted by atomic mass is 16.5. The lowest BCUT2D eigenvalue weighted by molar-refractivity contribution is 0.177. The van der Waals surface area contributed by atoms with Gasteiger partial charge < -0.3 is 19.7 Å². The summed E-state index contributed by atoms with van der Waals surface area (Å²) in [6.07, 6.45) is 2.16. The van der Waals surface area contributed by atoms with E-state index in [0.29, 0.717) is 29.3 Å². The average molecular weight is 354 g/mol. The molecule has 0 amide bonds. The van der Waals surface area contributed by atoms with Gasteiger partial charge >= 0.3 is 0 Å². The fraction of sp³-hybridized carbons (Fsp3) is 0.500. The third-order valence-corrected chi connectivity index (χ3v) is 5.05. The van der Waals surface area contributed by atoms with Crippen molar-refractivity contribution in [2.45, 2.75) is 38.8 Å². The molecule has 0 atom stereocenters. The Kier molecular flexibility index (Phi) is 5.48. The lowest BCUT2D eigenvalue weighted by Crippen LogP contribution is -2.42. The maximum Gasteiger partial charge on any atom is 0.162 e. The van der Waals surface area contributed by atoms with Crippen LogP contribution in [0.4, 0.5) is 5.69 Å². The van der Waals surface area contributed by atoms with Crippen LogP contribution in [0, 0.1) is 11.3 Å². The molecule has 1 aliphatic heterocycles. The van der Waals surface area contributed by atoms with Crippen LogP contribution in [0.5, 0.6) is 11.5 Å². The molecule has 2 heterocycles. The fourth-order valence-electron chi connectivity index (χ4n) is 3.51. The molecule has 1 fully saturated rings. The van der Waals surface area contributed by atoms with Gasteiger partial charge in [0.1, 0.15) is 11.8 Å². The number of benzene rings is 1. The summed E-state index contributed by atoms with van der Waals surface area (Å²) >= 11 is 0. The number of nitrogens with one attached hydrogen (secondary N) is 1. The zero-order valence-corrected chi connectivity index (χ0v) is 15.9. The second kappa shape index (κ2) is 7.79. The molecule has 138 valence electrons. The van der Waals surface area contributed by atoms with Gasteiger partial charge in [0.05, 0.1) is 19.7 Å². The van der Waals surface area contributed by atoms with Crippen LogP contribution in [-0.2, 0) is 0 Å². The molecule has 1 aromatic carbocycles. The van der Waals surface area contributed by atoms with Gasteiger partial charge in [-0.05, 0) is 38.8 Å². The van der Waals surface area contributed by atoms with Gasteiger partial charge in [-0.1, -0.05) is 0 Å². The quantitative estimate of drug-likeness (QED) is 0.887. The highest BCUT2D eigenvalue weighted by Gasteiger charge is 2.22. The molecule has 6 nitrogen and oxygen atoms in total. The van der Waals surface area contributed by atoms with Crippen molar-refractivity contribution in [3.8, 4) is 17.6 Å². The van der Waals surface area contributed by atoms with E-state index in [4.69, 9.17) is 9.47 Å². The Balaban J connectivity index is 1.93. The van der Waals surface area contributed by atoms with Crippen LogP contribution in [0.2, 0.25) is 0 Å². The number of aromatic nitrogens is 1. The van der Waals surface area contributed by atoms with E-state index in [-0.39, 0.29) is 0 Å². The molecule has 1 aromatic heterocycles. The van der Waals surface area contributed by atoms with Crippen LogP contribution in [0.15, 0.2) is 18.2 Å². The van der Waals surface area contributed by atoms with E-state index in [2.05, 4.69) is 35.1 Å². The number of fused-ring (bicyclic) bond motifs is 1. The van der Waals surface area contributed by atoms with Gasteiger partial charge in [-0.3, -0.25) is 0 Å². The summed E-state index contributed by atoms with van der Waals surface area (Å²) in [4.78, 5) is 6.92. The first-order chi connectivity index (χ1) is 12.5. The Bertz CT molecular complexity index is 821.